The van der Waals surface area contributed by atoms with Gasteiger partial charge in [-0.05, 0) is 31.2 Å². The van der Waals surface area contributed by atoms with Crippen molar-refractivity contribution < 1.29 is 28.7 Å². The van der Waals surface area contributed by atoms with Crippen molar-refractivity contribution in [3.05, 3.63) is 53.5 Å². The number of nitrogens with zero attached hydrogens (tertiary/aromatic N) is 1. The predicted molar refractivity (Wildman–Crippen MR) is 113 cm³/mol. The summed E-state index contributed by atoms with van der Waals surface area (Å²) in [5.74, 6) is -0.973. The van der Waals surface area contributed by atoms with Gasteiger partial charge in [-0.25, -0.2) is 4.79 Å². The summed E-state index contributed by atoms with van der Waals surface area (Å²) in [7, 11) is 1.39. The van der Waals surface area contributed by atoms with E-state index in [4.69, 9.17) is 14.3 Å². The molecule has 9 heteroatoms. The highest BCUT2D eigenvalue weighted by Gasteiger charge is 2.25. The molecule has 1 atom stereocenters. The normalized spacial score (nSPS) is 10.3. The topological polar surface area (TPSA) is 143 Å². The highest BCUT2D eigenvalue weighted by Crippen LogP contribution is 2.21. The van der Waals surface area contributed by atoms with Crippen molar-refractivity contribution in [1.82, 2.24) is 4.90 Å². The molecular formula is C21H29N3O6. The van der Waals surface area contributed by atoms with Gasteiger partial charge in [-0.1, -0.05) is 26.3 Å². The SMILES string of the molecule is CC(C(=O)O)N(C)C(=O)c1cccc(NCc2ccco2)c1C=O.CCC.NC=O. The van der Waals surface area contributed by atoms with E-state index in [0.717, 1.165) is 4.90 Å². The lowest BCUT2D eigenvalue weighted by atomic mass is 10.0. The van der Waals surface area contributed by atoms with E-state index in [0.29, 0.717) is 24.3 Å². The number of carbonyl (C=O) groups excluding carboxylic acids is 3. The monoisotopic (exact) mass is 419 g/mol. The van der Waals surface area contributed by atoms with Gasteiger partial charge in [-0.3, -0.25) is 14.4 Å². The lowest BCUT2D eigenvalue weighted by Crippen LogP contribution is -2.40. The minimum Gasteiger partial charge on any atom is -0.480 e. The van der Waals surface area contributed by atoms with Crippen LogP contribution in [-0.4, -0.2) is 47.7 Å². The zero-order chi connectivity index (χ0) is 23.1. The van der Waals surface area contributed by atoms with E-state index in [9.17, 15) is 14.4 Å². The molecule has 0 spiro atoms. The quantitative estimate of drug-likeness (QED) is 0.585. The maximum Gasteiger partial charge on any atom is 0.326 e. The summed E-state index contributed by atoms with van der Waals surface area (Å²) in [6.07, 6.45) is 3.62. The highest BCUT2D eigenvalue weighted by atomic mass is 16.4. The van der Waals surface area contributed by atoms with Crippen LogP contribution >= 0.6 is 0 Å². The molecule has 1 heterocycles. The number of nitrogens with two attached hydrogens (primary N) is 1. The van der Waals surface area contributed by atoms with Crippen molar-refractivity contribution in [2.24, 2.45) is 5.73 Å². The number of aliphatic carboxylic acids is 1. The van der Waals surface area contributed by atoms with Crippen LogP contribution in [0.2, 0.25) is 0 Å². The Kier molecular flexibility index (Phi) is 12.7. The summed E-state index contributed by atoms with van der Waals surface area (Å²) in [5.41, 5.74) is 4.96. The summed E-state index contributed by atoms with van der Waals surface area (Å²) < 4.78 is 5.21. The summed E-state index contributed by atoms with van der Waals surface area (Å²) in [6, 6.07) is 7.32. The van der Waals surface area contributed by atoms with Gasteiger partial charge in [0.15, 0.2) is 6.29 Å². The fraction of sp³-hybridized carbons (Fsp3) is 0.333. The van der Waals surface area contributed by atoms with Gasteiger partial charge in [0, 0.05) is 12.7 Å². The number of hydrogen-bond acceptors (Lipinski definition) is 6. The van der Waals surface area contributed by atoms with Crippen LogP contribution in [-0.2, 0) is 16.1 Å². The van der Waals surface area contributed by atoms with Gasteiger partial charge in [0.1, 0.15) is 11.8 Å². The Labute approximate surface area is 175 Å². The van der Waals surface area contributed by atoms with E-state index in [2.05, 4.69) is 24.9 Å². The summed E-state index contributed by atoms with van der Waals surface area (Å²) in [6.45, 7) is 6.01. The molecular weight excluding hydrogens is 390 g/mol. The fourth-order valence-corrected chi connectivity index (χ4v) is 2.16. The van der Waals surface area contributed by atoms with E-state index < -0.39 is 17.9 Å². The number of benzene rings is 1. The number of furan rings is 1. The number of carboxylic acids is 1. The largest absolute Gasteiger partial charge is 0.480 e. The Bertz CT molecular complexity index is 805. The van der Waals surface area contributed by atoms with Crippen LogP contribution in [0.1, 0.15) is 53.7 Å². The summed E-state index contributed by atoms with van der Waals surface area (Å²) in [4.78, 5) is 44.7. The second-order valence-electron chi connectivity index (χ2n) is 6.09. The van der Waals surface area contributed by atoms with Gasteiger partial charge in [0.05, 0.1) is 23.9 Å². The van der Waals surface area contributed by atoms with Crippen molar-refractivity contribution in [2.45, 2.75) is 39.8 Å². The van der Waals surface area contributed by atoms with Crippen LogP contribution < -0.4 is 11.1 Å². The second kappa shape index (κ2) is 14.4. The molecule has 9 nitrogen and oxygen atoms in total. The molecule has 2 aromatic rings. The molecule has 164 valence electrons. The molecule has 0 aliphatic heterocycles. The summed E-state index contributed by atoms with van der Waals surface area (Å²) >= 11 is 0. The molecule has 0 bridgehead atoms. The first-order chi connectivity index (χ1) is 14.3. The zero-order valence-corrected chi connectivity index (χ0v) is 17.6. The molecule has 1 aromatic carbocycles. The maximum absolute atomic E-state index is 12.5. The van der Waals surface area contributed by atoms with Gasteiger partial charge >= 0.3 is 5.97 Å². The number of anilines is 1. The molecule has 2 rings (SSSR count). The van der Waals surface area contributed by atoms with Crippen LogP contribution in [0.4, 0.5) is 5.69 Å². The van der Waals surface area contributed by atoms with E-state index in [1.807, 2.05) is 0 Å². The Morgan fingerprint density at radius 2 is 1.83 bits per heavy atom. The number of rotatable bonds is 7. The van der Waals surface area contributed by atoms with E-state index in [1.165, 1.54) is 26.5 Å². The number of likely N-dealkylation sites (N-methyl/N-ethyl adjacent to an activating group) is 1. The number of hydrogen-bond donors (Lipinski definition) is 3. The van der Waals surface area contributed by atoms with Crippen molar-refractivity contribution in [3.63, 3.8) is 0 Å². The first kappa shape index (κ1) is 26.4. The molecule has 0 aliphatic rings. The third kappa shape index (κ3) is 8.17. The van der Waals surface area contributed by atoms with E-state index in [-0.39, 0.29) is 17.5 Å². The molecule has 0 saturated heterocycles. The number of carboxylic acid groups (broad SMARTS) is 1. The third-order valence-corrected chi connectivity index (χ3v) is 3.75. The average molecular weight is 419 g/mol. The number of nitrogens with one attached hydrogen (secondary N) is 1. The van der Waals surface area contributed by atoms with Crippen LogP contribution in [0.5, 0.6) is 0 Å². The zero-order valence-electron chi connectivity index (χ0n) is 17.6. The van der Waals surface area contributed by atoms with E-state index >= 15 is 0 Å². The Morgan fingerprint density at radius 3 is 2.30 bits per heavy atom. The number of primary amides is 1. The van der Waals surface area contributed by atoms with Crippen LogP contribution in [0.15, 0.2) is 41.0 Å². The minimum absolute atomic E-state index is 0.144. The smallest absolute Gasteiger partial charge is 0.326 e. The Hall–Kier alpha value is -3.62. The number of carbonyl (C=O) groups is 4. The molecule has 30 heavy (non-hydrogen) atoms. The molecule has 2 amide bonds. The summed E-state index contributed by atoms with van der Waals surface area (Å²) in [5, 5.41) is 12.1. The van der Waals surface area contributed by atoms with Gasteiger partial charge in [0.2, 0.25) is 6.41 Å². The molecule has 4 N–H and O–H groups in total. The first-order valence-electron chi connectivity index (χ1n) is 9.28. The average Bonchev–Trinajstić information content (AvgIpc) is 3.25. The fourth-order valence-electron chi connectivity index (χ4n) is 2.16. The van der Waals surface area contributed by atoms with Gasteiger partial charge in [-0.15, -0.1) is 0 Å². The maximum atomic E-state index is 12.5. The Morgan fingerprint density at radius 1 is 1.23 bits per heavy atom. The van der Waals surface area contributed by atoms with Gasteiger partial charge in [-0.2, -0.15) is 0 Å². The second-order valence-corrected chi connectivity index (χ2v) is 6.09. The lowest BCUT2D eigenvalue weighted by Gasteiger charge is -2.22. The van der Waals surface area contributed by atoms with Crippen LogP contribution in [0.3, 0.4) is 0 Å². The molecule has 0 saturated carbocycles. The highest BCUT2D eigenvalue weighted by molar-refractivity contribution is 6.05. The predicted octanol–water partition coefficient (Wildman–Crippen LogP) is 2.77. The molecule has 1 unspecified atom stereocenters. The van der Waals surface area contributed by atoms with Crippen LogP contribution in [0.25, 0.3) is 0 Å². The molecule has 0 radical (unpaired) electrons. The third-order valence-electron chi connectivity index (χ3n) is 3.75. The lowest BCUT2D eigenvalue weighted by molar-refractivity contribution is -0.141. The van der Waals surface area contributed by atoms with Gasteiger partial charge < -0.3 is 25.5 Å². The van der Waals surface area contributed by atoms with Gasteiger partial charge in [0.25, 0.3) is 5.91 Å². The Balaban J connectivity index is 0.00000125. The van der Waals surface area contributed by atoms with Crippen molar-refractivity contribution >= 4 is 30.3 Å². The number of aldehydes is 1. The van der Waals surface area contributed by atoms with Crippen LogP contribution in [0, 0.1) is 0 Å². The number of amides is 2. The minimum atomic E-state index is -1.12. The first-order valence-corrected chi connectivity index (χ1v) is 9.28. The van der Waals surface area contributed by atoms with Crippen molar-refractivity contribution in [1.29, 1.82) is 0 Å². The molecule has 0 fully saturated rings. The van der Waals surface area contributed by atoms with Crippen molar-refractivity contribution in [3.8, 4) is 0 Å². The van der Waals surface area contributed by atoms with E-state index in [1.54, 1.807) is 30.5 Å². The molecule has 0 aliphatic carbocycles. The standard InChI is InChI=1S/C17H18N2O5.C3H8.CH3NO/c1-11(17(22)23)19(2)16(21)13-6-3-7-15(14(13)10-20)18-9-12-5-4-8-24-12;1-3-2;2-1-3/h3-8,10-11,18H,9H2,1-2H3,(H,22,23);3H2,1-2H3;1H,(H2,2,3). The van der Waals surface area contributed by atoms with Crippen molar-refractivity contribution in [2.75, 3.05) is 12.4 Å². The molecule has 1 aromatic heterocycles.